The van der Waals surface area contributed by atoms with E-state index >= 15 is 0 Å². The van der Waals surface area contributed by atoms with E-state index < -0.39 is 0 Å². The highest BCUT2D eigenvalue weighted by atomic mass is 16.5. The molecule has 0 aliphatic heterocycles. The van der Waals surface area contributed by atoms with Crippen molar-refractivity contribution in [1.29, 1.82) is 0 Å². The predicted octanol–water partition coefficient (Wildman–Crippen LogP) is 3.32. The molecule has 0 bridgehead atoms. The molecule has 0 amide bonds. The fraction of sp³-hybridized carbons (Fsp3) is 0.353. The van der Waals surface area contributed by atoms with Gasteiger partial charge in [-0.25, -0.2) is 0 Å². The normalized spacial score (nSPS) is 12.2. The van der Waals surface area contributed by atoms with Crippen LogP contribution < -0.4 is 10.1 Å². The third kappa shape index (κ3) is 2.83. The predicted molar refractivity (Wildman–Crippen MR) is 82.3 cm³/mol. The van der Waals surface area contributed by atoms with Gasteiger partial charge in [0.2, 0.25) is 0 Å². The smallest absolute Gasteiger partial charge is 0.122 e. The van der Waals surface area contributed by atoms with Crippen molar-refractivity contribution in [2.75, 3.05) is 14.2 Å². The van der Waals surface area contributed by atoms with Gasteiger partial charge in [0, 0.05) is 11.9 Å². The van der Waals surface area contributed by atoms with Crippen LogP contribution in [0.1, 0.15) is 34.0 Å². The standard InChI is InChI=1S/C17H22N2O/c1-11-9-16(20-5)12(2)8-15(11)17(18-4)14-6-7-19-13(3)10-14/h6-10,17-18H,1-5H3. The second kappa shape index (κ2) is 6.06. The van der Waals surface area contributed by atoms with Crippen molar-refractivity contribution in [1.82, 2.24) is 10.3 Å². The molecule has 106 valence electrons. The molecule has 1 aromatic heterocycles. The van der Waals surface area contributed by atoms with Crippen molar-refractivity contribution >= 4 is 0 Å². The minimum atomic E-state index is 0.168. The Balaban J connectivity index is 2.49. The number of hydrogen-bond acceptors (Lipinski definition) is 3. The number of aryl methyl sites for hydroxylation is 3. The van der Waals surface area contributed by atoms with E-state index in [-0.39, 0.29) is 6.04 Å². The van der Waals surface area contributed by atoms with E-state index in [1.807, 2.05) is 20.2 Å². The van der Waals surface area contributed by atoms with Crippen LogP contribution in [0.25, 0.3) is 0 Å². The maximum absolute atomic E-state index is 5.39. The van der Waals surface area contributed by atoms with E-state index in [0.717, 1.165) is 17.0 Å². The Kier molecular flexibility index (Phi) is 4.40. The molecule has 1 heterocycles. The molecule has 1 unspecified atom stereocenters. The summed E-state index contributed by atoms with van der Waals surface area (Å²) in [5.41, 5.74) is 5.91. The zero-order valence-corrected chi connectivity index (χ0v) is 12.8. The maximum atomic E-state index is 5.39. The van der Waals surface area contributed by atoms with Crippen LogP contribution in [0.3, 0.4) is 0 Å². The summed E-state index contributed by atoms with van der Waals surface area (Å²) in [5.74, 6) is 0.937. The molecule has 20 heavy (non-hydrogen) atoms. The van der Waals surface area contributed by atoms with Crippen LogP contribution in [0.4, 0.5) is 0 Å². The van der Waals surface area contributed by atoms with Gasteiger partial charge in [-0.05, 0) is 68.3 Å². The van der Waals surface area contributed by atoms with Gasteiger partial charge in [-0.2, -0.15) is 0 Å². The van der Waals surface area contributed by atoms with E-state index in [1.165, 1.54) is 16.7 Å². The van der Waals surface area contributed by atoms with Crippen molar-refractivity contribution in [3.05, 3.63) is 58.4 Å². The highest BCUT2D eigenvalue weighted by molar-refractivity contribution is 5.45. The molecule has 0 saturated heterocycles. The first-order chi connectivity index (χ1) is 9.56. The summed E-state index contributed by atoms with van der Waals surface area (Å²) in [6.45, 7) is 6.21. The highest BCUT2D eigenvalue weighted by Crippen LogP contribution is 2.30. The SMILES string of the molecule is CNC(c1ccnc(C)c1)c1cc(C)c(OC)cc1C. The summed E-state index contributed by atoms with van der Waals surface area (Å²) >= 11 is 0. The number of nitrogens with zero attached hydrogens (tertiary/aromatic N) is 1. The lowest BCUT2D eigenvalue weighted by Crippen LogP contribution is -2.19. The minimum Gasteiger partial charge on any atom is -0.496 e. The molecule has 0 saturated carbocycles. The molecule has 1 aromatic carbocycles. The number of methoxy groups -OCH3 is 1. The topological polar surface area (TPSA) is 34.2 Å². The van der Waals surface area contributed by atoms with Crippen LogP contribution in [0.5, 0.6) is 5.75 Å². The largest absolute Gasteiger partial charge is 0.496 e. The fourth-order valence-electron chi connectivity index (χ4n) is 2.59. The number of hydrogen-bond donors (Lipinski definition) is 1. The average molecular weight is 270 g/mol. The van der Waals surface area contributed by atoms with Crippen LogP contribution in [0, 0.1) is 20.8 Å². The number of rotatable bonds is 4. The van der Waals surface area contributed by atoms with Gasteiger partial charge < -0.3 is 10.1 Å². The van der Waals surface area contributed by atoms with E-state index in [1.54, 1.807) is 7.11 Å². The van der Waals surface area contributed by atoms with Crippen LogP contribution >= 0.6 is 0 Å². The number of pyridine rings is 1. The lowest BCUT2D eigenvalue weighted by atomic mass is 9.93. The van der Waals surface area contributed by atoms with Gasteiger partial charge in [0.15, 0.2) is 0 Å². The van der Waals surface area contributed by atoms with Gasteiger partial charge in [0.1, 0.15) is 5.75 Å². The molecular formula is C17H22N2O. The molecule has 0 spiro atoms. The first kappa shape index (κ1) is 14.5. The van der Waals surface area contributed by atoms with Crippen LogP contribution in [0.15, 0.2) is 30.5 Å². The molecule has 1 N–H and O–H groups in total. The molecule has 3 heteroatoms. The summed E-state index contributed by atoms with van der Waals surface area (Å²) < 4.78 is 5.39. The van der Waals surface area contributed by atoms with Gasteiger partial charge >= 0.3 is 0 Å². The summed E-state index contributed by atoms with van der Waals surface area (Å²) in [7, 11) is 3.70. The Morgan fingerprint density at radius 3 is 2.45 bits per heavy atom. The first-order valence-electron chi connectivity index (χ1n) is 6.81. The fourth-order valence-corrected chi connectivity index (χ4v) is 2.59. The van der Waals surface area contributed by atoms with E-state index in [4.69, 9.17) is 4.74 Å². The van der Waals surface area contributed by atoms with E-state index in [9.17, 15) is 0 Å². The second-order valence-electron chi connectivity index (χ2n) is 5.13. The lowest BCUT2D eigenvalue weighted by Gasteiger charge is -2.21. The Morgan fingerprint density at radius 1 is 1.10 bits per heavy atom. The Morgan fingerprint density at radius 2 is 1.85 bits per heavy atom. The average Bonchev–Trinajstić information content (AvgIpc) is 2.43. The van der Waals surface area contributed by atoms with Crippen LogP contribution in [0.2, 0.25) is 0 Å². The van der Waals surface area contributed by atoms with Crippen molar-refractivity contribution in [3.63, 3.8) is 0 Å². The highest BCUT2D eigenvalue weighted by Gasteiger charge is 2.16. The monoisotopic (exact) mass is 270 g/mol. The molecule has 1 atom stereocenters. The zero-order chi connectivity index (χ0) is 14.7. The van der Waals surface area contributed by atoms with Gasteiger partial charge in [0.05, 0.1) is 13.2 Å². The van der Waals surface area contributed by atoms with Crippen molar-refractivity contribution in [2.45, 2.75) is 26.8 Å². The van der Waals surface area contributed by atoms with Crippen molar-refractivity contribution in [3.8, 4) is 5.75 Å². The third-order valence-corrected chi connectivity index (χ3v) is 3.64. The number of ether oxygens (including phenoxy) is 1. The van der Waals surface area contributed by atoms with E-state index in [2.05, 4.69) is 48.4 Å². The van der Waals surface area contributed by atoms with Crippen molar-refractivity contribution in [2.24, 2.45) is 0 Å². The van der Waals surface area contributed by atoms with E-state index in [0.29, 0.717) is 0 Å². The second-order valence-corrected chi connectivity index (χ2v) is 5.13. The quantitative estimate of drug-likeness (QED) is 0.925. The molecule has 0 aliphatic carbocycles. The van der Waals surface area contributed by atoms with Crippen molar-refractivity contribution < 1.29 is 4.74 Å². The summed E-state index contributed by atoms with van der Waals surface area (Å²) in [5, 5.41) is 3.40. The molecule has 0 aliphatic rings. The summed E-state index contributed by atoms with van der Waals surface area (Å²) in [4.78, 5) is 4.27. The molecule has 2 rings (SSSR count). The van der Waals surface area contributed by atoms with Crippen LogP contribution in [-0.4, -0.2) is 19.1 Å². The molecule has 3 nitrogen and oxygen atoms in total. The Hall–Kier alpha value is -1.87. The zero-order valence-electron chi connectivity index (χ0n) is 12.8. The number of benzene rings is 1. The summed E-state index contributed by atoms with van der Waals surface area (Å²) in [6.07, 6.45) is 1.86. The Bertz CT molecular complexity index is 608. The lowest BCUT2D eigenvalue weighted by molar-refractivity contribution is 0.411. The third-order valence-electron chi connectivity index (χ3n) is 3.64. The minimum absolute atomic E-state index is 0.168. The summed E-state index contributed by atoms with van der Waals surface area (Å²) in [6, 6.07) is 8.66. The number of nitrogens with one attached hydrogen (secondary N) is 1. The maximum Gasteiger partial charge on any atom is 0.122 e. The first-order valence-corrected chi connectivity index (χ1v) is 6.81. The number of aromatic nitrogens is 1. The van der Waals surface area contributed by atoms with Gasteiger partial charge in [-0.15, -0.1) is 0 Å². The molecular weight excluding hydrogens is 248 g/mol. The van der Waals surface area contributed by atoms with Gasteiger partial charge in [-0.1, -0.05) is 6.07 Å². The van der Waals surface area contributed by atoms with Gasteiger partial charge in [0.25, 0.3) is 0 Å². The molecule has 0 radical (unpaired) electrons. The Labute approximate surface area is 121 Å². The molecule has 2 aromatic rings. The molecule has 0 fully saturated rings. The van der Waals surface area contributed by atoms with Crippen LogP contribution in [-0.2, 0) is 0 Å². The van der Waals surface area contributed by atoms with Gasteiger partial charge in [-0.3, -0.25) is 4.98 Å².